The fourth-order valence-corrected chi connectivity index (χ4v) is 4.40. The van der Waals surface area contributed by atoms with Crippen LogP contribution in [0.3, 0.4) is 0 Å². The number of oxime groups is 1. The first-order chi connectivity index (χ1) is 7.85. The van der Waals surface area contributed by atoms with E-state index in [4.69, 9.17) is 4.84 Å². The minimum atomic E-state index is 0.469. The average Bonchev–Trinajstić information content (AvgIpc) is 2.90. The van der Waals surface area contributed by atoms with Gasteiger partial charge in [-0.2, -0.15) is 0 Å². The van der Waals surface area contributed by atoms with E-state index in [0.29, 0.717) is 12.0 Å². The van der Waals surface area contributed by atoms with Crippen LogP contribution in [0.4, 0.5) is 0 Å². The summed E-state index contributed by atoms with van der Waals surface area (Å²) < 4.78 is 0. The highest BCUT2D eigenvalue weighted by molar-refractivity contribution is 5.88. The van der Waals surface area contributed by atoms with Crippen molar-refractivity contribution >= 4 is 5.71 Å². The van der Waals surface area contributed by atoms with Gasteiger partial charge in [0, 0.05) is 11.8 Å². The molecule has 1 aliphatic heterocycles. The third kappa shape index (κ3) is 1.42. The Morgan fingerprint density at radius 3 is 2.88 bits per heavy atom. The first-order valence-corrected chi connectivity index (χ1v) is 7.07. The average molecular weight is 221 g/mol. The SMILES string of the molecule is CCCC1=NOC2C3CC(CC3CCC)C12. The largest absolute Gasteiger partial charge is 0.392 e. The molecule has 5 atom stereocenters. The molecular weight excluding hydrogens is 198 g/mol. The zero-order valence-corrected chi connectivity index (χ0v) is 10.5. The first kappa shape index (κ1) is 10.6. The lowest BCUT2D eigenvalue weighted by Crippen LogP contribution is -2.34. The highest BCUT2D eigenvalue weighted by atomic mass is 16.6. The molecule has 0 amide bonds. The van der Waals surface area contributed by atoms with Gasteiger partial charge in [0.05, 0.1) is 5.71 Å². The van der Waals surface area contributed by atoms with Crippen LogP contribution in [0.5, 0.6) is 0 Å². The summed E-state index contributed by atoms with van der Waals surface area (Å²) in [5, 5.41) is 4.36. The summed E-state index contributed by atoms with van der Waals surface area (Å²) in [4.78, 5) is 5.74. The van der Waals surface area contributed by atoms with Crippen LogP contribution >= 0.6 is 0 Å². The lowest BCUT2D eigenvalue weighted by molar-refractivity contribution is 0.00559. The maximum Gasteiger partial charge on any atom is 0.139 e. The Morgan fingerprint density at radius 2 is 2.12 bits per heavy atom. The predicted molar refractivity (Wildman–Crippen MR) is 65.3 cm³/mol. The molecule has 0 saturated heterocycles. The second kappa shape index (κ2) is 4.05. The lowest BCUT2D eigenvalue weighted by Gasteiger charge is -2.29. The Bertz CT molecular complexity index is 299. The molecule has 0 radical (unpaired) electrons. The van der Waals surface area contributed by atoms with Gasteiger partial charge in [-0.15, -0.1) is 0 Å². The lowest BCUT2D eigenvalue weighted by atomic mass is 9.76. The molecule has 5 unspecified atom stereocenters. The van der Waals surface area contributed by atoms with E-state index in [1.54, 1.807) is 0 Å². The van der Waals surface area contributed by atoms with Crippen LogP contribution in [-0.4, -0.2) is 11.8 Å². The standard InChI is InChI=1S/C14H23NO/c1-3-5-9-7-10-8-11(9)14-13(10)12(6-4-2)15-16-14/h9-11,13-14H,3-8H2,1-2H3. The molecule has 2 nitrogen and oxygen atoms in total. The van der Waals surface area contributed by atoms with E-state index in [2.05, 4.69) is 19.0 Å². The Morgan fingerprint density at radius 1 is 1.25 bits per heavy atom. The van der Waals surface area contributed by atoms with Gasteiger partial charge in [-0.1, -0.05) is 38.3 Å². The molecule has 2 heteroatoms. The van der Waals surface area contributed by atoms with Gasteiger partial charge in [-0.3, -0.25) is 0 Å². The van der Waals surface area contributed by atoms with E-state index in [9.17, 15) is 0 Å². The van der Waals surface area contributed by atoms with Crippen LogP contribution in [0.15, 0.2) is 5.16 Å². The smallest absolute Gasteiger partial charge is 0.139 e. The maximum atomic E-state index is 5.74. The molecule has 2 aliphatic carbocycles. The highest BCUT2D eigenvalue weighted by Crippen LogP contribution is 2.56. The number of hydrogen-bond acceptors (Lipinski definition) is 2. The zero-order chi connectivity index (χ0) is 11.1. The summed E-state index contributed by atoms with van der Waals surface area (Å²) in [5.41, 5.74) is 1.38. The van der Waals surface area contributed by atoms with Crippen molar-refractivity contribution in [2.75, 3.05) is 0 Å². The van der Waals surface area contributed by atoms with Crippen molar-refractivity contribution in [3.63, 3.8) is 0 Å². The van der Waals surface area contributed by atoms with E-state index < -0.39 is 0 Å². The summed E-state index contributed by atoms with van der Waals surface area (Å²) in [6, 6.07) is 0. The van der Waals surface area contributed by atoms with Crippen LogP contribution in [0.1, 0.15) is 52.4 Å². The van der Waals surface area contributed by atoms with E-state index in [1.165, 1.54) is 37.8 Å². The summed E-state index contributed by atoms with van der Waals surface area (Å²) >= 11 is 0. The molecule has 0 aromatic rings. The summed E-state index contributed by atoms with van der Waals surface area (Å²) in [6.07, 6.45) is 8.43. The summed E-state index contributed by atoms with van der Waals surface area (Å²) in [5.74, 6) is 3.37. The normalized spacial score (nSPS) is 44.4. The van der Waals surface area contributed by atoms with Crippen LogP contribution in [0, 0.1) is 23.7 Å². The topological polar surface area (TPSA) is 21.6 Å². The number of fused-ring (bicyclic) bond motifs is 5. The molecule has 2 fully saturated rings. The van der Waals surface area contributed by atoms with Crippen molar-refractivity contribution in [1.82, 2.24) is 0 Å². The van der Waals surface area contributed by atoms with Gasteiger partial charge in [0.15, 0.2) is 0 Å². The molecular formula is C14H23NO. The summed E-state index contributed by atoms with van der Waals surface area (Å²) in [7, 11) is 0. The van der Waals surface area contributed by atoms with Crippen molar-refractivity contribution < 1.29 is 4.84 Å². The zero-order valence-electron chi connectivity index (χ0n) is 10.5. The van der Waals surface area contributed by atoms with Gasteiger partial charge in [0.1, 0.15) is 6.10 Å². The molecule has 0 aromatic heterocycles. The van der Waals surface area contributed by atoms with Gasteiger partial charge in [-0.05, 0) is 31.1 Å². The van der Waals surface area contributed by atoms with Crippen LogP contribution in [0.25, 0.3) is 0 Å². The highest BCUT2D eigenvalue weighted by Gasteiger charge is 2.57. The van der Waals surface area contributed by atoms with Gasteiger partial charge in [0.25, 0.3) is 0 Å². The van der Waals surface area contributed by atoms with Gasteiger partial charge < -0.3 is 4.84 Å². The minimum absolute atomic E-state index is 0.469. The number of hydrogen-bond donors (Lipinski definition) is 0. The molecule has 2 saturated carbocycles. The van der Waals surface area contributed by atoms with E-state index in [1.807, 2.05) is 0 Å². The van der Waals surface area contributed by atoms with Gasteiger partial charge >= 0.3 is 0 Å². The van der Waals surface area contributed by atoms with Gasteiger partial charge in [0.2, 0.25) is 0 Å². The second-order valence-electron chi connectivity index (χ2n) is 5.87. The molecule has 0 spiro atoms. The second-order valence-corrected chi connectivity index (χ2v) is 5.87. The first-order valence-electron chi connectivity index (χ1n) is 7.07. The quantitative estimate of drug-likeness (QED) is 0.710. The molecule has 16 heavy (non-hydrogen) atoms. The van der Waals surface area contributed by atoms with Crippen molar-refractivity contribution in [3.05, 3.63) is 0 Å². The fraction of sp³-hybridized carbons (Fsp3) is 0.929. The van der Waals surface area contributed by atoms with Crippen molar-refractivity contribution in [3.8, 4) is 0 Å². The minimum Gasteiger partial charge on any atom is -0.392 e. The Balaban J connectivity index is 1.71. The molecule has 1 heterocycles. The Hall–Kier alpha value is -0.530. The van der Waals surface area contributed by atoms with Crippen LogP contribution in [-0.2, 0) is 4.84 Å². The summed E-state index contributed by atoms with van der Waals surface area (Å²) in [6.45, 7) is 4.54. The van der Waals surface area contributed by atoms with E-state index in [-0.39, 0.29) is 0 Å². The van der Waals surface area contributed by atoms with Crippen molar-refractivity contribution in [2.24, 2.45) is 28.8 Å². The van der Waals surface area contributed by atoms with Gasteiger partial charge in [-0.25, -0.2) is 0 Å². The molecule has 2 bridgehead atoms. The van der Waals surface area contributed by atoms with Crippen LogP contribution < -0.4 is 0 Å². The number of rotatable bonds is 4. The van der Waals surface area contributed by atoms with E-state index in [0.717, 1.165) is 24.2 Å². The van der Waals surface area contributed by atoms with Crippen molar-refractivity contribution in [2.45, 2.75) is 58.5 Å². The monoisotopic (exact) mass is 221 g/mol. The molecule has 0 aromatic carbocycles. The molecule has 3 rings (SSSR count). The van der Waals surface area contributed by atoms with Crippen LogP contribution in [0.2, 0.25) is 0 Å². The fourth-order valence-electron chi connectivity index (χ4n) is 4.40. The van der Waals surface area contributed by atoms with Crippen molar-refractivity contribution in [1.29, 1.82) is 0 Å². The Kier molecular flexibility index (Phi) is 2.68. The van der Waals surface area contributed by atoms with E-state index >= 15 is 0 Å². The molecule has 0 N–H and O–H groups in total. The maximum absolute atomic E-state index is 5.74. The third-order valence-electron chi connectivity index (χ3n) is 4.91. The Labute approximate surface area is 98.4 Å². The molecule has 3 aliphatic rings. The third-order valence-corrected chi connectivity index (χ3v) is 4.91. The predicted octanol–water partition coefficient (Wildman–Crippen LogP) is 3.61. The number of nitrogens with zero attached hydrogens (tertiary/aromatic N) is 1. The molecule has 90 valence electrons.